The number of nitrogens with zero attached hydrogens (tertiary/aromatic N) is 4. The number of aromatic nitrogens is 1. The van der Waals surface area contributed by atoms with Gasteiger partial charge in [0.05, 0.1) is 19.3 Å². The number of ether oxygens (including phenoxy) is 1. The fraction of sp³-hybridized carbons (Fsp3) is 0.542. The van der Waals surface area contributed by atoms with Gasteiger partial charge in [0.1, 0.15) is 10.0 Å². The summed E-state index contributed by atoms with van der Waals surface area (Å²) in [7, 11) is -3.97. The normalized spacial score (nSPS) is 22.5. The number of anilines is 1. The predicted molar refractivity (Wildman–Crippen MR) is 133 cm³/mol. The van der Waals surface area contributed by atoms with E-state index in [0.29, 0.717) is 38.4 Å². The minimum absolute atomic E-state index is 0.000925. The highest BCUT2D eigenvalue weighted by Crippen LogP contribution is 2.50. The Labute approximate surface area is 232 Å². The quantitative estimate of drug-likeness (QED) is 0.392. The second-order valence-electron chi connectivity index (χ2n) is 9.70. The maximum absolute atomic E-state index is 13.3. The zero-order chi connectivity index (χ0) is 29.5. The van der Waals surface area contributed by atoms with Gasteiger partial charge in [-0.2, -0.15) is 30.6 Å². The van der Waals surface area contributed by atoms with Crippen LogP contribution in [0.5, 0.6) is 0 Å². The van der Waals surface area contributed by atoms with Gasteiger partial charge in [-0.1, -0.05) is 23.7 Å². The van der Waals surface area contributed by atoms with Crippen molar-refractivity contribution in [3.05, 3.63) is 53.3 Å². The summed E-state index contributed by atoms with van der Waals surface area (Å²) < 4.78 is 113. The third-order valence-electron chi connectivity index (χ3n) is 7.17. The Balaban J connectivity index is 1.65. The highest BCUT2D eigenvalue weighted by Gasteiger charge is 2.71. The minimum Gasteiger partial charge on any atom is -0.379 e. The van der Waals surface area contributed by atoms with E-state index in [1.54, 1.807) is 4.90 Å². The molecule has 2 aromatic rings. The van der Waals surface area contributed by atoms with Gasteiger partial charge in [0, 0.05) is 56.2 Å². The molecule has 2 atom stereocenters. The fourth-order valence-electron chi connectivity index (χ4n) is 4.89. The number of halogens is 7. The van der Waals surface area contributed by atoms with E-state index in [1.807, 2.05) is 6.92 Å². The summed E-state index contributed by atoms with van der Waals surface area (Å²) in [6.07, 6.45) is -10.9. The first-order valence-corrected chi connectivity index (χ1v) is 14.0. The van der Waals surface area contributed by atoms with Crippen LogP contribution in [-0.4, -0.2) is 98.1 Å². The van der Waals surface area contributed by atoms with Crippen LogP contribution in [0.2, 0.25) is 5.15 Å². The highest BCUT2D eigenvalue weighted by atomic mass is 35.5. The summed E-state index contributed by atoms with van der Waals surface area (Å²) in [6, 6.07) is 5.49. The van der Waals surface area contributed by atoms with Gasteiger partial charge < -0.3 is 14.7 Å². The Morgan fingerprint density at radius 2 is 1.68 bits per heavy atom. The third-order valence-corrected chi connectivity index (χ3v) is 9.24. The average Bonchev–Trinajstić information content (AvgIpc) is 2.88. The number of hydrogen-bond donors (Lipinski definition) is 1. The van der Waals surface area contributed by atoms with Crippen molar-refractivity contribution in [2.45, 2.75) is 41.9 Å². The van der Waals surface area contributed by atoms with Gasteiger partial charge in [-0.3, -0.25) is 4.90 Å². The molecule has 2 aliphatic heterocycles. The van der Waals surface area contributed by atoms with Crippen molar-refractivity contribution in [3.63, 3.8) is 0 Å². The molecule has 4 rings (SSSR count). The van der Waals surface area contributed by atoms with E-state index in [9.17, 15) is 39.9 Å². The van der Waals surface area contributed by atoms with E-state index in [2.05, 4.69) is 9.88 Å². The van der Waals surface area contributed by atoms with E-state index < -0.39 is 39.6 Å². The van der Waals surface area contributed by atoms with Crippen LogP contribution in [0.4, 0.5) is 32.0 Å². The number of sulfonamides is 1. The van der Waals surface area contributed by atoms with Crippen LogP contribution >= 0.6 is 11.6 Å². The van der Waals surface area contributed by atoms with Crippen LogP contribution in [0.25, 0.3) is 0 Å². The molecule has 0 saturated carbocycles. The van der Waals surface area contributed by atoms with Crippen LogP contribution in [0.1, 0.15) is 12.5 Å². The first-order valence-electron chi connectivity index (χ1n) is 12.2. The van der Waals surface area contributed by atoms with Crippen LogP contribution in [0.3, 0.4) is 0 Å². The maximum atomic E-state index is 13.3. The molecule has 8 nitrogen and oxygen atoms in total. The number of piperazine rings is 1. The highest BCUT2D eigenvalue weighted by molar-refractivity contribution is 7.89. The first kappa shape index (κ1) is 30.8. The summed E-state index contributed by atoms with van der Waals surface area (Å²) in [5.41, 5.74) is -6.13. The number of hydrogen-bond acceptors (Lipinski definition) is 7. The van der Waals surface area contributed by atoms with Gasteiger partial charge in [0.15, 0.2) is 0 Å². The molecule has 0 spiro atoms. The van der Waals surface area contributed by atoms with Crippen molar-refractivity contribution in [3.8, 4) is 0 Å². The van der Waals surface area contributed by atoms with E-state index in [-0.39, 0.29) is 41.4 Å². The maximum Gasteiger partial charge on any atom is 0.430 e. The molecule has 0 amide bonds. The number of morpholine rings is 1. The van der Waals surface area contributed by atoms with Gasteiger partial charge in [-0.05, 0) is 31.2 Å². The molecule has 1 aromatic heterocycles. The predicted octanol–water partition coefficient (Wildman–Crippen LogP) is 3.65. The summed E-state index contributed by atoms with van der Waals surface area (Å²) in [5, 5.41) is 9.85. The van der Waals surface area contributed by atoms with E-state index in [0.717, 1.165) is 18.3 Å². The molecule has 3 heterocycles. The van der Waals surface area contributed by atoms with Gasteiger partial charge in [0.2, 0.25) is 10.0 Å². The third kappa shape index (κ3) is 5.90. The molecule has 1 N–H and O–H groups in total. The van der Waals surface area contributed by atoms with Crippen molar-refractivity contribution in [1.29, 1.82) is 0 Å². The van der Waals surface area contributed by atoms with Crippen molar-refractivity contribution in [2.75, 3.05) is 50.8 Å². The molecule has 2 aliphatic rings. The fourth-order valence-corrected chi connectivity index (χ4v) is 6.42. The topological polar surface area (TPSA) is 86.2 Å². The SMILES string of the molecule is CC1COCCN1CC1CN(S(=O)(=O)c2ccc(Cl)nc2)CCN1c1ccc(C(O)(C(F)(F)F)C(F)(F)F)cc1. The number of rotatable bonds is 6. The van der Waals surface area contributed by atoms with Crippen molar-refractivity contribution < 1.29 is 44.6 Å². The van der Waals surface area contributed by atoms with Gasteiger partial charge in [-0.15, -0.1) is 0 Å². The van der Waals surface area contributed by atoms with Crippen molar-refractivity contribution >= 4 is 27.3 Å². The lowest BCUT2D eigenvalue weighted by Gasteiger charge is -2.45. The van der Waals surface area contributed by atoms with Crippen LogP contribution in [-0.2, 0) is 20.4 Å². The van der Waals surface area contributed by atoms with E-state index >= 15 is 0 Å². The Kier molecular flexibility index (Phi) is 8.66. The number of pyridine rings is 1. The molecule has 1 aromatic carbocycles. The van der Waals surface area contributed by atoms with Crippen LogP contribution < -0.4 is 4.90 Å². The zero-order valence-corrected chi connectivity index (χ0v) is 22.7. The lowest BCUT2D eigenvalue weighted by Crippen LogP contribution is -2.60. The molecule has 16 heteroatoms. The molecule has 2 fully saturated rings. The van der Waals surface area contributed by atoms with Crippen molar-refractivity contribution in [2.24, 2.45) is 0 Å². The Bertz CT molecular complexity index is 1260. The Hall–Kier alpha value is -2.17. The van der Waals surface area contributed by atoms with Crippen LogP contribution in [0, 0.1) is 0 Å². The largest absolute Gasteiger partial charge is 0.430 e. The minimum atomic E-state index is -6.00. The molecule has 222 valence electrons. The van der Waals surface area contributed by atoms with Gasteiger partial charge in [-0.25, -0.2) is 13.4 Å². The molecule has 0 bridgehead atoms. The van der Waals surface area contributed by atoms with E-state index in [1.165, 1.54) is 16.4 Å². The van der Waals surface area contributed by atoms with Gasteiger partial charge in [0.25, 0.3) is 5.60 Å². The van der Waals surface area contributed by atoms with Crippen molar-refractivity contribution in [1.82, 2.24) is 14.2 Å². The average molecular weight is 617 g/mol. The van der Waals surface area contributed by atoms with E-state index in [4.69, 9.17) is 16.3 Å². The zero-order valence-electron chi connectivity index (χ0n) is 21.2. The Morgan fingerprint density at radius 3 is 2.23 bits per heavy atom. The number of alkyl halides is 6. The lowest BCUT2D eigenvalue weighted by molar-refractivity contribution is -0.376. The molecular formula is C24H27ClF6N4O4S. The number of benzene rings is 1. The molecular weight excluding hydrogens is 590 g/mol. The van der Waals surface area contributed by atoms with Crippen LogP contribution in [0.15, 0.2) is 47.5 Å². The molecule has 0 aliphatic carbocycles. The standard InChI is InChI=1S/C24H27ClF6N4O4S/c1-16-15-39-11-10-33(16)13-19-14-34(40(37,38)20-6-7-21(25)32-12-20)8-9-35(19)18-4-2-17(3-5-18)22(36,23(26,27)28)24(29,30)31/h2-7,12,16,19,36H,8-11,13-15H2,1H3. The smallest absolute Gasteiger partial charge is 0.379 e. The summed E-state index contributed by atoms with van der Waals surface area (Å²) >= 11 is 5.79. The lowest BCUT2D eigenvalue weighted by atomic mass is 9.92. The molecule has 2 unspecified atom stereocenters. The molecule has 40 heavy (non-hydrogen) atoms. The van der Waals surface area contributed by atoms with Gasteiger partial charge >= 0.3 is 12.4 Å². The number of aliphatic hydroxyl groups is 1. The monoisotopic (exact) mass is 616 g/mol. The summed E-state index contributed by atoms with van der Waals surface area (Å²) in [4.78, 5) is 7.60. The first-order chi connectivity index (χ1) is 18.6. The Morgan fingerprint density at radius 1 is 1.02 bits per heavy atom. The second-order valence-corrected chi connectivity index (χ2v) is 12.0. The second kappa shape index (κ2) is 11.2. The molecule has 2 saturated heterocycles. The molecule has 0 radical (unpaired) electrons. The summed E-state index contributed by atoms with van der Waals surface area (Å²) in [6.45, 7) is 3.85. The summed E-state index contributed by atoms with van der Waals surface area (Å²) in [5.74, 6) is 0.